The van der Waals surface area contributed by atoms with Gasteiger partial charge in [-0.3, -0.25) is 4.79 Å². The molecule has 6 nitrogen and oxygen atoms in total. The first kappa shape index (κ1) is 17.2. The number of carbonyl (C=O) groups is 1. The van der Waals surface area contributed by atoms with Crippen molar-refractivity contribution < 1.29 is 19.1 Å². The van der Waals surface area contributed by atoms with Gasteiger partial charge in [0, 0.05) is 11.8 Å². The molecule has 1 fully saturated rings. The van der Waals surface area contributed by atoms with Crippen LogP contribution in [0.1, 0.15) is 29.0 Å². The Kier molecular flexibility index (Phi) is 5.04. The van der Waals surface area contributed by atoms with E-state index in [1.807, 2.05) is 19.1 Å². The van der Waals surface area contributed by atoms with Crippen LogP contribution in [0.2, 0.25) is 0 Å². The van der Waals surface area contributed by atoms with E-state index in [0.717, 1.165) is 56.3 Å². The Labute approximate surface area is 154 Å². The summed E-state index contributed by atoms with van der Waals surface area (Å²) in [6, 6.07) is 8.37. The molecule has 0 atom stereocenters. The van der Waals surface area contributed by atoms with Crippen LogP contribution in [0.3, 0.4) is 0 Å². The second kappa shape index (κ2) is 7.60. The van der Waals surface area contributed by atoms with Crippen LogP contribution < -0.4 is 15.1 Å². The zero-order chi connectivity index (χ0) is 17.9. The largest absolute Gasteiger partial charge is 0.361 e. The molecule has 138 valence electrons. The van der Waals surface area contributed by atoms with Gasteiger partial charge >= 0.3 is 0 Å². The van der Waals surface area contributed by atoms with Crippen molar-refractivity contribution >= 4 is 11.6 Å². The number of nitrogens with zero attached hydrogens (tertiary/aromatic N) is 1. The van der Waals surface area contributed by atoms with Crippen molar-refractivity contribution in [2.75, 3.05) is 38.0 Å². The Morgan fingerprint density at radius 3 is 2.65 bits per heavy atom. The number of benzene rings is 1. The third kappa shape index (κ3) is 4.14. The summed E-state index contributed by atoms with van der Waals surface area (Å²) in [5.74, 6) is 0.986. The molecule has 0 saturated carbocycles. The van der Waals surface area contributed by atoms with Crippen molar-refractivity contribution in [3.05, 3.63) is 46.8 Å². The van der Waals surface area contributed by atoms with E-state index in [2.05, 4.69) is 22.6 Å². The summed E-state index contributed by atoms with van der Waals surface area (Å²) in [5, 5.41) is 7.17. The number of piperazine rings is 1. The number of amides is 1. The summed E-state index contributed by atoms with van der Waals surface area (Å²) in [6.45, 7) is 7.54. The van der Waals surface area contributed by atoms with Gasteiger partial charge in [-0.05, 0) is 49.4 Å². The molecule has 0 radical (unpaired) electrons. The number of carbonyl (C=O) groups excluding carboxylic acids is 1. The van der Waals surface area contributed by atoms with Gasteiger partial charge in [-0.1, -0.05) is 11.2 Å². The highest BCUT2D eigenvalue weighted by molar-refractivity contribution is 5.91. The molecule has 2 aromatic rings. The lowest BCUT2D eigenvalue weighted by Crippen LogP contribution is -3.28. The number of aromatic nitrogens is 1. The molecule has 1 aromatic heterocycles. The molecular weight excluding hydrogens is 328 g/mol. The summed E-state index contributed by atoms with van der Waals surface area (Å²) in [6.07, 6.45) is 3.55. The minimum absolute atomic E-state index is 0.119. The van der Waals surface area contributed by atoms with Crippen LogP contribution in [0.25, 0.3) is 0 Å². The summed E-state index contributed by atoms with van der Waals surface area (Å²) >= 11 is 0. The molecule has 1 aliphatic carbocycles. The molecule has 1 saturated heterocycles. The SMILES string of the molecule is Cc1cc(C[NH+]2CC[NH+](CC(=O)Nc3ccc4c(c3)CCC4)CC2)no1. The van der Waals surface area contributed by atoms with Crippen molar-refractivity contribution in [1.82, 2.24) is 5.16 Å². The maximum absolute atomic E-state index is 12.4. The standard InChI is InChI=1S/C20H26N4O2/c1-15-11-19(22-26-15)13-23-7-9-24(10-8-23)14-20(25)21-18-6-5-16-3-2-4-17(16)12-18/h5-6,11-12H,2-4,7-10,13-14H2,1H3,(H,21,25)/p+2. The van der Waals surface area contributed by atoms with Gasteiger partial charge in [0.15, 0.2) is 6.54 Å². The lowest BCUT2D eigenvalue weighted by atomic mass is 10.1. The number of hydrogen-bond acceptors (Lipinski definition) is 3. The fourth-order valence-electron chi connectivity index (χ4n) is 4.15. The smallest absolute Gasteiger partial charge is 0.279 e. The number of rotatable bonds is 5. The predicted molar refractivity (Wildman–Crippen MR) is 98.3 cm³/mol. The van der Waals surface area contributed by atoms with E-state index in [1.165, 1.54) is 33.8 Å². The zero-order valence-electron chi connectivity index (χ0n) is 15.4. The molecule has 3 N–H and O–H groups in total. The first-order valence-corrected chi connectivity index (χ1v) is 9.67. The number of aryl methyl sites for hydroxylation is 3. The van der Waals surface area contributed by atoms with E-state index in [4.69, 9.17) is 4.52 Å². The molecule has 0 spiro atoms. The van der Waals surface area contributed by atoms with E-state index < -0.39 is 0 Å². The summed E-state index contributed by atoms with van der Waals surface area (Å²) in [5.41, 5.74) is 4.81. The number of hydrogen-bond donors (Lipinski definition) is 3. The van der Waals surface area contributed by atoms with E-state index >= 15 is 0 Å². The highest BCUT2D eigenvalue weighted by Crippen LogP contribution is 2.24. The molecule has 2 heterocycles. The van der Waals surface area contributed by atoms with Crippen molar-refractivity contribution in [2.45, 2.75) is 32.7 Å². The average Bonchev–Trinajstić information content (AvgIpc) is 3.25. The van der Waals surface area contributed by atoms with Crippen LogP contribution in [-0.2, 0) is 24.2 Å². The van der Waals surface area contributed by atoms with Gasteiger partial charge in [0.1, 0.15) is 44.2 Å². The fraction of sp³-hybridized carbons (Fsp3) is 0.500. The fourth-order valence-corrected chi connectivity index (χ4v) is 4.15. The van der Waals surface area contributed by atoms with Gasteiger partial charge in [0.25, 0.3) is 5.91 Å². The van der Waals surface area contributed by atoms with Gasteiger partial charge in [-0.2, -0.15) is 0 Å². The first-order valence-electron chi connectivity index (χ1n) is 9.67. The monoisotopic (exact) mass is 356 g/mol. The number of nitrogens with one attached hydrogen (secondary N) is 3. The molecule has 1 aromatic carbocycles. The van der Waals surface area contributed by atoms with Crippen LogP contribution >= 0.6 is 0 Å². The van der Waals surface area contributed by atoms with E-state index in [1.54, 1.807) is 0 Å². The lowest BCUT2D eigenvalue weighted by molar-refractivity contribution is -1.02. The van der Waals surface area contributed by atoms with Crippen molar-refractivity contribution in [3.8, 4) is 0 Å². The van der Waals surface area contributed by atoms with Gasteiger partial charge < -0.3 is 19.6 Å². The Bertz CT molecular complexity index is 778. The molecule has 26 heavy (non-hydrogen) atoms. The van der Waals surface area contributed by atoms with Gasteiger partial charge in [-0.15, -0.1) is 0 Å². The van der Waals surface area contributed by atoms with E-state index in [9.17, 15) is 4.79 Å². The number of fused-ring (bicyclic) bond motifs is 1. The summed E-state index contributed by atoms with van der Waals surface area (Å²) in [4.78, 5) is 15.3. The van der Waals surface area contributed by atoms with Crippen LogP contribution in [0.15, 0.2) is 28.8 Å². The van der Waals surface area contributed by atoms with Crippen LogP contribution in [0.4, 0.5) is 5.69 Å². The maximum Gasteiger partial charge on any atom is 0.279 e. The topological polar surface area (TPSA) is 64.0 Å². The quantitative estimate of drug-likeness (QED) is 0.670. The highest BCUT2D eigenvalue weighted by atomic mass is 16.5. The summed E-state index contributed by atoms with van der Waals surface area (Å²) in [7, 11) is 0. The summed E-state index contributed by atoms with van der Waals surface area (Å²) < 4.78 is 5.14. The predicted octanol–water partition coefficient (Wildman–Crippen LogP) is -0.606. The van der Waals surface area contributed by atoms with Crippen LogP contribution in [-0.4, -0.2) is 43.8 Å². The Hall–Kier alpha value is -2.18. The van der Waals surface area contributed by atoms with E-state index in [-0.39, 0.29) is 5.91 Å². The molecule has 4 rings (SSSR count). The number of quaternary nitrogens is 2. The first-order chi connectivity index (χ1) is 12.7. The van der Waals surface area contributed by atoms with Gasteiger partial charge in [-0.25, -0.2) is 0 Å². The van der Waals surface area contributed by atoms with Crippen molar-refractivity contribution in [3.63, 3.8) is 0 Å². The number of anilines is 1. The minimum atomic E-state index is 0.119. The molecule has 1 aliphatic heterocycles. The van der Waals surface area contributed by atoms with Gasteiger partial charge in [0.2, 0.25) is 0 Å². The lowest BCUT2D eigenvalue weighted by Gasteiger charge is -2.28. The molecular formula is C20H28N4O2+2. The van der Waals surface area contributed by atoms with Crippen LogP contribution in [0, 0.1) is 6.92 Å². The molecule has 0 bridgehead atoms. The second-order valence-corrected chi connectivity index (χ2v) is 7.67. The molecule has 1 amide bonds. The minimum Gasteiger partial charge on any atom is -0.361 e. The van der Waals surface area contributed by atoms with Gasteiger partial charge in [0.05, 0.1) is 0 Å². The third-order valence-electron chi connectivity index (χ3n) is 5.56. The van der Waals surface area contributed by atoms with Crippen molar-refractivity contribution in [1.29, 1.82) is 0 Å². The van der Waals surface area contributed by atoms with Crippen LogP contribution in [0.5, 0.6) is 0 Å². The highest BCUT2D eigenvalue weighted by Gasteiger charge is 2.25. The van der Waals surface area contributed by atoms with Crippen molar-refractivity contribution in [2.24, 2.45) is 0 Å². The maximum atomic E-state index is 12.4. The molecule has 0 unspecified atom stereocenters. The Balaban J connectivity index is 1.23. The zero-order valence-corrected chi connectivity index (χ0v) is 15.4. The Morgan fingerprint density at radius 2 is 1.88 bits per heavy atom. The third-order valence-corrected chi connectivity index (χ3v) is 5.56. The molecule has 2 aliphatic rings. The Morgan fingerprint density at radius 1 is 1.12 bits per heavy atom. The molecule has 6 heteroatoms. The van der Waals surface area contributed by atoms with E-state index in [0.29, 0.717) is 6.54 Å². The normalized spacial score (nSPS) is 22.2. The average molecular weight is 356 g/mol. The second-order valence-electron chi connectivity index (χ2n) is 7.67.